The van der Waals surface area contributed by atoms with Crippen molar-refractivity contribution in [1.29, 1.82) is 0 Å². The average Bonchev–Trinajstić information content (AvgIpc) is 2.52. The second kappa shape index (κ2) is 7.97. The third kappa shape index (κ3) is 5.99. The second-order valence-electron chi connectivity index (χ2n) is 7.25. The van der Waals surface area contributed by atoms with Gasteiger partial charge < -0.3 is 19.9 Å². The topological polar surface area (TPSA) is 65.1 Å². The molecule has 132 valence electrons. The fraction of sp³-hybridized carbons (Fsp3) is 0.875. The summed E-state index contributed by atoms with van der Waals surface area (Å²) in [7, 11) is 0. The molecule has 0 radical (unpaired) electrons. The van der Waals surface area contributed by atoms with Crippen LogP contribution in [0.2, 0.25) is 0 Å². The van der Waals surface area contributed by atoms with Crippen LogP contribution in [-0.4, -0.2) is 91.2 Å². The summed E-state index contributed by atoms with van der Waals surface area (Å²) in [5, 5.41) is 2.97. The second-order valence-corrected chi connectivity index (χ2v) is 7.25. The molecule has 7 heteroatoms. The Labute approximate surface area is 138 Å². The van der Waals surface area contributed by atoms with Crippen molar-refractivity contribution in [3.8, 4) is 0 Å². The van der Waals surface area contributed by atoms with Gasteiger partial charge in [0.15, 0.2) is 0 Å². The predicted molar refractivity (Wildman–Crippen MR) is 88.3 cm³/mol. The lowest BCUT2D eigenvalue weighted by Crippen LogP contribution is -2.56. The summed E-state index contributed by atoms with van der Waals surface area (Å²) in [6.07, 6.45) is 0.550. The molecule has 0 aromatic heterocycles. The molecule has 23 heavy (non-hydrogen) atoms. The van der Waals surface area contributed by atoms with Crippen LogP contribution in [0.1, 0.15) is 27.2 Å². The predicted octanol–water partition coefficient (Wildman–Crippen LogP) is 0.361. The lowest BCUT2D eigenvalue weighted by Gasteiger charge is -2.36. The Hall–Kier alpha value is -1.34. The molecule has 7 nitrogen and oxygen atoms in total. The summed E-state index contributed by atoms with van der Waals surface area (Å²) < 4.78 is 5.31. The number of nitrogens with zero attached hydrogens (tertiary/aromatic N) is 3. The van der Waals surface area contributed by atoms with Crippen molar-refractivity contribution in [3.05, 3.63) is 0 Å². The van der Waals surface area contributed by atoms with E-state index in [1.165, 1.54) is 0 Å². The van der Waals surface area contributed by atoms with Gasteiger partial charge in [-0.1, -0.05) is 0 Å². The number of ether oxygens (including phenoxy) is 1. The molecular weight excluding hydrogens is 296 g/mol. The Kier molecular flexibility index (Phi) is 6.24. The lowest BCUT2D eigenvalue weighted by atomic mass is 10.1. The lowest BCUT2D eigenvalue weighted by molar-refractivity contribution is -0.133. The maximum absolute atomic E-state index is 12.3. The van der Waals surface area contributed by atoms with Gasteiger partial charge in [-0.3, -0.25) is 9.69 Å². The SMILES string of the molecule is CC(C)(C)NC(=O)N1CCN(C(=O)CCN2CCOCC2)CC1. The minimum Gasteiger partial charge on any atom is -0.379 e. The molecular formula is C16H30N4O3. The van der Waals surface area contributed by atoms with Crippen LogP contribution in [0.4, 0.5) is 4.79 Å². The first-order valence-corrected chi connectivity index (χ1v) is 8.50. The number of nitrogens with one attached hydrogen (secondary N) is 1. The number of urea groups is 1. The van der Waals surface area contributed by atoms with Crippen molar-refractivity contribution in [1.82, 2.24) is 20.0 Å². The molecule has 2 rings (SSSR count). The molecule has 0 spiro atoms. The number of hydrogen-bond acceptors (Lipinski definition) is 4. The monoisotopic (exact) mass is 326 g/mol. The van der Waals surface area contributed by atoms with Crippen molar-refractivity contribution in [2.75, 3.05) is 59.0 Å². The summed E-state index contributed by atoms with van der Waals surface area (Å²) in [4.78, 5) is 30.3. The summed E-state index contributed by atoms with van der Waals surface area (Å²) in [6, 6.07) is -0.0436. The van der Waals surface area contributed by atoms with Gasteiger partial charge in [-0.25, -0.2) is 4.79 Å². The van der Waals surface area contributed by atoms with E-state index in [4.69, 9.17) is 4.74 Å². The van der Waals surface area contributed by atoms with Gasteiger partial charge in [0.1, 0.15) is 0 Å². The van der Waals surface area contributed by atoms with E-state index in [2.05, 4.69) is 10.2 Å². The van der Waals surface area contributed by atoms with E-state index in [0.29, 0.717) is 32.6 Å². The molecule has 2 fully saturated rings. The molecule has 0 aromatic carbocycles. The van der Waals surface area contributed by atoms with Crippen LogP contribution in [0.25, 0.3) is 0 Å². The van der Waals surface area contributed by atoms with Gasteiger partial charge in [-0.05, 0) is 20.8 Å². The molecule has 2 heterocycles. The van der Waals surface area contributed by atoms with Crippen LogP contribution in [0, 0.1) is 0 Å². The highest BCUT2D eigenvalue weighted by Gasteiger charge is 2.26. The van der Waals surface area contributed by atoms with E-state index in [1.54, 1.807) is 4.90 Å². The van der Waals surface area contributed by atoms with Crippen molar-refractivity contribution in [2.24, 2.45) is 0 Å². The summed E-state index contributed by atoms with van der Waals surface area (Å²) >= 11 is 0. The highest BCUT2D eigenvalue weighted by Crippen LogP contribution is 2.08. The smallest absolute Gasteiger partial charge is 0.317 e. The van der Waals surface area contributed by atoms with Crippen LogP contribution in [-0.2, 0) is 9.53 Å². The Bertz CT molecular complexity index is 408. The number of hydrogen-bond donors (Lipinski definition) is 1. The zero-order chi connectivity index (χ0) is 16.9. The van der Waals surface area contributed by atoms with Gasteiger partial charge in [0.2, 0.25) is 5.91 Å². The first kappa shape index (κ1) is 18.0. The van der Waals surface area contributed by atoms with Crippen LogP contribution >= 0.6 is 0 Å². The largest absolute Gasteiger partial charge is 0.379 e. The molecule has 3 amide bonds. The van der Waals surface area contributed by atoms with Gasteiger partial charge in [0, 0.05) is 57.8 Å². The molecule has 0 aliphatic carbocycles. The average molecular weight is 326 g/mol. The van der Waals surface area contributed by atoms with Crippen LogP contribution in [0.3, 0.4) is 0 Å². The Balaban J connectivity index is 1.69. The Morgan fingerprint density at radius 3 is 2.09 bits per heavy atom. The van der Waals surface area contributed by atoms with Gasteiger partial charge >= 0.3 is 6.03 Å². The number of carbonyl (C=O) groups excluding carboxylic acids is 2. The normalized spacial score (nSPS) is 20.5. The molecule has 0 atom stereocenters. The van der Waals surface area contributed by atoms with Crippen LogP contribution in [0.15, 0.2) is 0 Å². The van der Waals surface area contributed by atoms with E-state index < -0.39 is 0 Å². The van der Waals surface area contributed by atoms with Crippen molar-refractivity contribution in [2.45, 2.75) is 32.7 Å². The fourth-order valence-corrected chi connectivity index (χ4v) is 2.80. The molecule has 1 N–H and O–H groups in total. The molecule has 0 saturated carbocycles. The van der Waals surface area contributed by atoms with Gasteiger partial charge in [0.25, 0.3) is 0 Å². The van der Waals surface area contributed by atoms with E-state index in [1.807, 2.05) is 25.7 Å². The van der Waals surface area contributed by atoms with E-state index >= 15 is 0 Å². The highest BCUT2D eigenvalue weighted by molar-refractivity contribution is 5.78. The van der Waals surface area contributed by atoms with E-state index in [-0.39, 0.29) is 17.5 Å². The van der Waals surface area contributed by atoms with Crippen LogP contribution < -0.4 is 5.32 Å². The van der Waals surface area contributed by atoms with Crippen molar-refractivity contribution in [3.63, 3.8) is 0 Å². The minimum absolute atomic E-state index is 0.0436. The van der Waals surface area contributed by atoms with Gasteiger partial charge in [0.05, 0.1) is 13.2 Å². The van der Waals surface area contributed by atoms with Crippen molar-refractivity contribution < 1.29 is 14.3 Å². The molecule has 2 aliphatic rings. The quantitative estimate of drug-likeness (QED) is 0.813. The zero-order valence-electron chi connectivity index (χ0n) is 14.6. The third-order valence-electron chi connectivity index (χ3n) is 4.15. The summed E-state index contributed by atoms with van der Waals surface area (Å²) in [5.74, 6) is 0.187. The molecule has 0 bridgehead atoms. The molecule has 2 saturated heterocycles. The summed E-state index contributed by atoms with van der Waals surface area (Å²) in [6.45, 7) is 12.5. The number of amides is 3. The maximum Gasteiger partial charge on any atom is 0.317 e. The Morgan fingerprint density at radius 2 is 1.52 bits per heavy atom. The zero-order valence-corrected chi connectivity index (χ0v) is 14.6. The number of piperazine rings is 1. The number of carbonyl (C=O) groups is 2. The number of rotatable bonds is 3. The summed E-state index contributed by atoms with van der Waals surface area (Å²) in [5.41, 5.74) is -0.234. The fourth-order valence-electron chi connectivity index (χ4n) is 2.80. The first-order valence-electron chi connectivity index (χ1n) is 8.50. The standard InChI is InChI=1S/C16H30N4O3/c1-16(2,3)17-15(22)20-8-6-19(7-9-20)14(21)4-5-18-10-12-23-13-11-18/h4-13H2,1-3H3,(H,17,22). The minimum atomic E-state index is -0.234. The van der Waals surface area contributed by atoms with E-state index in [0.717, 1.165) is 32.8 Å². The number of morpholine rings is 1. The Morgan fingerprint density at radius 1 is 0.957 bits per heavy atom. The van der Waals surface area contributed by atoms with Gasteiger partial charge in [-0.15, -0.1) is 0 Å². The molecule has 0 unspecified atom stereocenters. The maximum atomic E-state index is 12.3. The third-order valence-corrected chi connectivity index (χ3v) is 4.15. The first-order chi connectivity index (χ1) is 10.8. The molecule has 2 aliphatic heterocycles. The van der Waals surface area contributed by atoms with Gasteiger partial charge in [-0.2, -0.15) is 0 Å². The highest BCUT2D eigenvalue weighted by atomic mass is 16.5. The van der Waals surface area contributed by atoms with Crippen molar-refractivity contribution >= 4 is 11.9 Å². The van der Waals surface area contributed by atoms with E-state index in [9.17, 15) is 9.59 Å². The molecule has 0 aromatic rings. The van der Waals surface area contributed by atoms with Crippen LogP contribution in [0.5, 0.6) is 0 Å².